The third-order valence-electron chi connectivity index (χ3n) is 7.67. The second-order valence-electron chi connectivity index (χ2n) is 12.4. The van der Waals surface area contributed by atoms with E-state index < -0.39 is 0 Å². The van der Waals surface area contributed by atoms with E-state index in [-0.39, 0.29) is 28.3 Å². The number of halogens is 1. The number of rotatable bonds is 19. The summed E-state index contributed by atoms with van der Waals surface area (Å²) in [7, 11) is 0. The van der Waals surface area contributed by atoms with Crippen molar-refractivity contribution in [3.63, 3.8) is 0 Å². The fourth-order valence-corrected chi connectivity index (χ4v) is 5.66. The zero-order valence-corrected chi connectivity index (χ0v) is 28.8. The highest BCUT2D eigenvalue weighted by atomic mass is 79.9. The highest BCUT2D eigenvalue weighted by Gasteiger charge is 2.18. The lowest BCUT2D eigenvalue weighted by Crippen LogP contribution is -3.00. The number of nitrogens with zero attached hydrogens (tertiary/aromatic N) is 1. The smallest absolute Gasteiger partial charge is 0.228 e. The molecule has 1 aromatic heterocycles. The van der Waals surface area contributed by atoms with Crippen LogP contribution < -0.4 is 31.6 Å². The van der Waals surface area contributed by atoms with Crippen LogP contribution in [-0.2, 0) is 23.2 Å². The maximum Gasteiger partial charge on any atom is 0.228 e. The zero-order chi connectivity index (χ0) is 29.3. The number of nitrogens with one attached hydrogen (secondary N) is 1. The van der Waals surface area contributed by atoms with E-state index in [4.69, 9.17) is 4.74 Å². The number of carbonyl (C=O) groups excluding carboxylic acids is 1. The standard InChI is InChI=1S/C36H52N2O2S.BrH/c1-5-6-7-8-9-10-11-12-13-14-15-16-24-40-34-27-32(36(2,3)4)20-19-31(34)26-35(39)37-33-21-17-30(18-22-33)28-38-23-25-41-29-38;/h17-23,25,27,29H,5-16,24,26,28H2,1-4H3;1H. The first kappa shape index (κ1) is 36.0. The van der Waals surface area contributed by atoms with Gasteiger partial charge in [-0.25, -0.2) is 0 Å². The van der Waals surface area contributed by atoms with Crippen molar-refractivity contribution in [2.75, 3.05) is 11.9 Å². The molecule has 0 aliphatic rings. The third kappa shape index (κ3) is 13.9. The second kappa shape index (κ2) is 19.9. The van der Waals surface area contributed by atoms with Gasteiger partial charge in [0.2, 0.25) is 11.4 Å². The Morgan fingerprint density at radius 3 is 2.05 bits per heavy atom. The number of aromatic nitrogens is 1. The molecule has 4 nitrogen and oxygen atoms in total. The zero-order valence-electron chi connectivity index (χ0n) is 26.4. The Kier molecular flexibility index (Phi) is 17.1. The lowest BCUT2D eigenvalue weighted by atomic mass is 9.86. The predicted octanol–water partition coefficient (Wildman–Crippen LogP) is 6.65. The Morgan fingerprint density at radius 2 is 1.48 bits per heavy atom. The third-order valence-corrected chi connectivity index (χ3v) is 8.34. The van der Waals surface area contributed by atoms with Gasteiger partial charge >= 0.3 is 0 Å². The number of anilines is 1. The SMILES string of the molecule is CCCCCCCCCCCCCCOc1cc(C(C)(C)C)ccc1CC(=O)Nc1ccc(C[n+]2ccsc2)cc1.[Br-]. The van der Waals surface area contributed by atoms with Crippen molar-refractivity contribution < 1.29 is 31.1 Å². The Bertz CT molecular complexity index is 1140. The van der Waals surface area contributed by atoms with E-state index >= 15 is 0 Å². The molecule has 2 aromatic carbocycles. The van der Waals surface area contributed by atoms with Gasteiger partial charge in [-0.15, -0.1) is 0 Å². The average Bonchev–Trinajstić information content (AvgIpc) is 3.45. The van der Waals surface area contributed by atoms with Crippen LogP contribution in [0.25, 0.3) is 0 Å². The van der Waals surface area contributed by atoms with Crippen molar-refractivity contribution in [1.29, 1.82) is 0 Å². The molecule has 1 heterocycles. The number of hydrogen-bond donors (Lipinski definition) is 1. The molecule has 0 bridgehead atoms. The van der Waals surface area contributed by atoms with Crippen molar-refractivity contribution in [2.45, 2.75) is 123 Å². The number of unbranched alkanes of at least 4 members (excludes halogenated alkanes) is 11. The summed E-state index contributed by atoms with van der Waals surface area (Å²) in [6.07, 6.45) is 18.3. The van der Waals surface area contributed by atoms with Gasteiger partial charge in [-0.2, -0.15) is 4.57 Å². The maximum absolute atomic E-state index is 13.0. The first-order valence-corrected chi connectivity index (χ1v) is 16.9. The summed E-state index contributed by atoms with van der Waals surface area (Å²) in [6, 6.07) is 14.4. The molecular weight excluding hydrogens is 604 g/mol. The summed E-state index contributed by atoms with van der Waals surface area (Å²) in [5.41, 5.74) is 6.32. The predicted molar refractivity (Wildman–Crippen MR) is 174 cm³/mol. The maximum atomic E-state index is 13.0. The summed E-state index contributed by atoms with van der Waals surface area (Å²) < 4.78 is 8.45. The molecule has 0 unspecified atom stereocenters. The van der Waals surface area contributed by atoms with Crippen molar-refractivity contribution in [3.8, 4) is 5.75 Å². The normalized spacial score (nSPS) is 11.2. The molecule has 3 rings (SSSR count). The van der Waals surface area contributed by atoms with Crippen LogP contribution in [0.1, 0.15) is 121 Å². The van der Waals surface area contributed by atoms with Gasteiger partial charge in [0, 0.05) is 16.8 Å². The summed E-state index contributed by atoms with van der Waals surface area (Å²) in [5.74, 6) is 0.822. The molecule has 0 aliphatic heterocycles. The van der Waals surface area contributed by atoms with E-state index in [1.54, 1.807) is 11.3 Å². The van der Waals surface area contributed by atoms with E-state index in [0.717, 1.165) is 30.0 Å². The van der Waals surface area contributed by atoms with Crippen LogP contribution in [0.15, 0.2) is 59.6 Å². The van der Waals surface area contributed by atoms with Gasteiger partial charge in [-0.3, -0.25) is 4.79 Å². The molecule has 42 heavy (non-hydrogen) atoms. The fourth-order valence-electron chi connectivity index (χ4n) is 5.06. The molecule has 0 aliphatic carbocycles. The van der Waals surface area contributed by atoms with E-state index in [1.165, 1.54) is 81.8 Å². The minimum atomic E-state index is -0.0244. The van der Waals surface area contributed by atoms with Gasteiger partial charge in [0.25, 0.3) is 0 Å². The minimum Gasteiger partial charge on any atom is -1.00 e. The molecule has 0 fully saturated rings. The number of hydrogen-bond acceptors (Lipinski definition) is 3. The van der Waals surface area contributed by atoms with E-state index in [9.17, 15) is 4.79 Å². The average molecular weight is 658 g/mol. The minimum absolute atomic E-state index is 0. The van der Waals surface area contributed by atoms with Gasteiger partial charge < -0.3 is 27.0 Å². The summed E-state index contributed by atoms with van der Waals surface area (Å²) in [5, 5.41) is 5.14. The van der Waals surface area contributed by atoms with Gasteiger partial charge in [-0.05, 0) is 35.6 Å². The molecule has 232 valence electrons. The van der Waals surface area contributed by atoms with Crippen molar-refractivity contribution in [2.24, 2.45) is 0 Å². The second-order valence-corrected chi connectivity index (χ2v) is 13.2. The largest absolute Gasteiger partial charge is 1.00 e. The number of thiazole rings is 1. The monoisotopic (exact) mass is 656 g/mol. The summed E-state index contributed by atoms with van der Waals surface area (Å²) in [4.78, 5) is 13.0. The van der Waals surface area contributed by atoms with Crippen molar-refractivity contribution >= 4 is 22.9 Å². The lowest BCUT2D eigenvalue weighted by Gasteiger charge is -2.21. The van der Waals surface area contributed by atoms with Crippen LogP contribution in [0.4, 0.5) is 5.69 Å². The molecule has 6 heteroatoms. The molecule has 0 radical (unpaired) electrons. The quantitative estimate of drug-likeness (QED) is 0.116. The number of carbonyl (C=O) groups is 1. The molecule has 0 saturated carbocycles. The van der Waals surface area contributed by atoms with Crippen LogP contribution >= 0.6 is 11.3 Å². The van der Waals surface area contributed by atoms with Gasteiger partial charge in [0.15, 0.2) is 12.7 Å². The molecule has 1 N–H and O–H groups in total. The molecular formula is C36H53BrN2O2S. The Hall–Kier alpha value is -2.18. The highest BCUT2D eigenvalue weighted by Crippen LogP contribution is 2.29. The first-order chi connectivity index (χ1) is 19.8. The number of benzene rings is 2. The fraction of sp³-hybridized carbons (Fsp3) is 0.556. The summed E-state index contributed by atoms with van der Waals surface area (Å²) in [6.45, 7) is 10.4. The Labute approximate surface area is 270 Å². The van der Waals surface area contributed by atoms with E-state index in [1.807, 2.05) is 12.1 Å². The Balaban J connectivity index is 0.00000616. The van der Waals surface area contributed by atoms with E-state index in [0.29, 0.717) is 13.0 Å². The van der Waals surface area contributed by atoms with Crippen LogP contribution in [-0.4, -0.2) is 12.5 Å². The molecule has 0 spiro atoms. The van der Waals surface area contributed by atoms with Crippen molar-refractivity contribution in [3.05, 3.63) is 76.2 Å². The first-order valence-electron chi connectivity index (χ1n) is 15.9. The highest BCUT2D eigenvalue weighted by molar-refractivity contribution is 7.07. The van der Waals surface area contributed by atoms with Crippen LogP contribution in [0, 0.1) is 0 Å². The van der Waals surface area contributed by atoms with Gasteiger partial charge in [0.1, 0.15) is 5.75 Å². The van der Waals surface area contributed by atoms with Crippen molar-refractivity contribution in [1.82, 2.24) is 0 Å². The van der Waals surface area contributed by atoms with Crippen LogP contribution in [0.2, 0.25) is 0 Å². The molecule has 0 atom stereocenters. The van der Waals surface area contributed by atoms with Gasteiger partial charge in [-0.1, -0.05) is 134 Å². The number of ether oxygens (including phenoxy) is 1. The molecule has 1 amide bonds. The molecule has 3 aromatic rings. The lowest BCUT2D eigenvalue weighted by molar-refractivity contribution is -0.683. The van der Waals surface area contributed by atoms with Crippen LogP contribution in [0.5, 0.6) is 5.75 Å². The van der Waals surface area contributed by atoms with E-state index in [2.05, 4.69) is 85.0 Å². The molecule has 0 saturated heterocycles. The number of amides is 1. The Morgan fingerprint density at radius 1 is 0.857 bits per heavy atom. The summed E-state index contributed by atoms with van der Waals surface area (Å²) >= 11 is 1.68. The van der Waals surface area contributed by atoms with Crippen LogP contribution in [0.3, 0.4) is 0 Å². The topological polar surface area (TPSA) is 42.2 Å². The van der Waals surface area contributed by atoms with Gasteiger partial charge in [0.05, 0.1) is 18.4 Å².